The Hall–Kier alpha value is -1.62. The fraction of sp³-hybridized carbons (Fsp3) is 0.333. The van der Waals surface area contributed by atoms with Crippen LogP contribution in [-0.4, -0.2) is 23.7 Å². The summed E-state index contributed by atoms with van der Waals surface area (Å²) in [6.45, 7) is 4.56. The summed E-state index contributed by atoms with van der Waals surface area (Å²) in [7, 11) is 0. The molecule has 1 aromatic carbocycles. The summed E-state index contributed by atoms with van der Waals surface area (Å²) in [5.41, 5.74) is 1.03. The number of Topliss-reactive ketones (excluding diaryl/α,β-unsaturated/α-hetero) is 1. The van der Waals surface area contributed by atoms with Gasteiger partial charge < -0.3 is 9.32 Å². The van der Waals surface area contributed by atoms with E-state index in [0.29, 0.717) is 17.5 Å². The third kappa shape index (κ3) is 2.93. The molecule has 0 saturated carbocycles. The lowest BCUT2D eigenvalue weighted by atomic mass is 10.1. The van der Waals surface area contributed by atoms with E-state index < -0.39 is 0 Å². The Morgan fingerprint density at radius 1 is 1.35 bits per heavy atom. The second kappa shape index (κ2) is 6.22. The first-order chi connectivity index (χ1) is 9.56. The number of benzene rings is 1. The van der Waals surface area contributed by atoms with Crippen LogP contribution in [0.3, 0.4) is 0 Å². The normalized spacial score (nSPS) is 12.3. The largest absolute Gasteiger partial charge is 0.423 e. The van der Waals surface area contributed by atoms with Crippen LogP contribution in [0.25, 0.3) is 11.0 Å². The molecule has 1 unspecified atom stereocenters. The highest BCUT2D eigenvalue weighted by Gasteiger charge is 2.19. The predicted octanol–water partition coefficient (Wildman–Crippen LogP) is 2.97. The van der Waals surface area contributed by atoms with Gasteiger partial charge in [-0.05, 0) is 32.0 Å². The average Bonchev–Trinajstić information content (AvgIpc) is 2.46. The smallest absolute Gasteiger partial charge is 0.336 e. The standard InChI is InChI=1S/C15H16BrNO3/c1-3-17(10(2)13(18)9-16)12-6-4-11-5-7-15(19)20-14(11)8-12/h4-8,10H,3,9H2,1-2H3. The Kier molecular flexibility index (Phi) is 4.60. The van der Waals surface area contributed by atoms with Gasteiger partial charge in [0.2, 0.25) is 0 Å². The van der Waals surface area contributed by atoms with E-state index in [9.17, 15) is 9.59 Å². The van der Waals surface area contributed by atoms with Gasteiger partial charge in [-0.25, -0.2) is 4.79 Å². The fourth-order valence-electron chi connectivity index (χ4n) is 2.19. The zero-order chi connectivity index (χ0) is 14.7. The summed E-state index contributed by atoms with van der Waals surface area (Å²) in [5, 5.41) is 1.19. The molecule has 0 fully saturated rings. The molecule has 1 atom stereocenters. The first kappa shape index (κ1) is 14.8. The predicted molar refractivity (Wildman–Crippen MR) is 83.8 cm³/mol. The molecule has 2 rings (SSSR count). The minimum Gasteiger partial charge on any atom is -0.423 e. The quantitative estimate of drug-likeness (QED) is 0.621. The van der Waals surface area contributed by atoms with Gasteiger partial charge in [0, 0.05) is 29.8 Å². The Morgan fingerprint density at radius 2 is 2.05 bits per heavy atom. The van der Waals surface area contributed by atoms with Crippen molar-refractivity contribution in [3.63, 3.8) is 0 Å². The highest BCUT2D eigenvalue weighted by Crippen LogP contribution is 2.23. The fourth-order valence-corrected chi connectivity index (χ4v) is 2.66. The maximum Gasteiger partial charge on any atom is 0.336 e. The molecule has 0 amide bonds. The molecule has 106 valence electrons. The number of anilines is 1. The molecule has 0 N–H and O–H groups in total. The van der Waals surface area contributed by atoms with Crippen molar-refractivity contribution in [2.75, 3.05) is 16.8 Å². The summed E-state index contributed by atoms with van der Waals surface area (Å²) in [6.07, 6.45) is 0. The summed E-state index contributed by atoms with van der Waals surface area (Å²) in [4.78, 5) is 25.1. The van der Waals surface area contributed by atoms with Crippen molar-refractivity contribution < 1.29 is 9.21 Å². The number of hydrogen-bond acceptors (Lipinski definition) is 4. The van der Waals surface area contributed by atoms with Gasteiger partial charge in [0.15, 0.2) is 5.78 Å². The van der Waals surface area contributed by atoms with Crippen LogP contribution in [0.15, 0.2) is 39.5 Å². The Labute approximate surface area is 125 Å². The van der Waals surface area contributed by atoms with Crippen molar-refractivity contribution in [2.45, 2.75) is 19.9 Å². The number of nitrogens with zero attached hydrogens (tertiary/aromatic N) is 1. The molecule has 0 aliphatic carbocycles. The number of ketones is 1. The lowest BCUT2D eigenvalue weighted by Gasteiger charge is -2.28. The Bertz CT molecular complexity index is 680. The van der Waals surface area contributed by atoms with E-state index in [1.807, 2.05) is 30.9 Å². The van der Waals surface area contributed by atoms with Crippen molar-refractivity contribution in [1.29, 1.82) is 0 Å². The van der Waals surface area contributed by atoms with E-state index in [1.165, 1.54) is 6.07 Å². The first-order valence-electron chi connectivity index (χ1n) is 6.46. The molecule has 1 heterocycles. The molecule has 0 spiro atoms. The van der Waals surface area contributed by atoms with Crippen molar-refractivity contribution in [1.82, 2.24) is 0 Å². The molecule has 2 aromatic rings. The molecule has 5 heteroatoms. The number of halogens is 1. The topological polar surface area (TPSA) is 50.5 Å². The van der Waals surface area contributed by atoms with Crippen LogP contribution >= 0.6 is 15.9 Å². The summed E-state index contributed by atoms with van der Waals surface area (Å²) >= 11 is 3.20. The van der Waals surface area contributed by atoms with Crippen LogP contribution in [0.4, 0.5) is 5.69 Å². The van der Waals surface area contributed by atoms with Crippen molar-refractivity contribution in [3.05, 3.63) is 40.8 Å². The van der Waals surface area contributed by atoms with Crippen molar-refractivity contribution in [2.24, 2.45) is 0 Å². The number of carbonyl (C=O) groups is 1. The Balaban J connectivity index is 2.44. The molecule has 4 nitrogen and oxygen atoms in total. The van der Waals surface area contributed by atoms with E-state index >= 15 is 0 Å². The van der Waals surface area contributed by atoms with Gasteiger partial charge in [-0.3, -0.25) is 4.79 Å². The lowest BCUT2D eigenvalue weighted by molar-refractivity contribution is -0.117. The molecular weight excluding hydrogens is 322 g/mol. The second-order valence-corrected chi connectivity index (χ2v) is 5.10. The van der Waals surface area contributed by atoms with E-state index in [2.05, 4.69) is 15.9 Å². The zero-order valence-electron chi connectivity index (χ0n) is 11.4. The van der Waals surface area contributed by atoms with Gasteiger partial charge in [-0.2, -0.15) is 0 Å². The molecule has 0 aliphatic rings. The highest BCUT2D eigenvalue weighted by atomic mass is 79.9. The maximum absolute atomic E-state index is 11.8. The van der Waals surface area contributed by atoms with Crippen molar-refractivity contribution >= 4 is 38.4 Å². The second-order valence-electron chi connectivity index (χ2n) is 4.54. The summed E-state index contributed by atoms with van der Waals surface area (Å²) in [5.74, 6) is 0.112. The zero-order valence-corrected chi connectivity index (χ0v) is 13.0. The van der Waals surface area contributed by atoms with Crippen LogP contribution in [-0.2, 0) is 4.79 Å². The number of alkyl halides is 1. The van der Waals surface area contributed by atoms with Gasteiger partial charge in [0.05, 0.1) is 11.4 Å². The number of hydrogen-bond donors (Lipinski definition) is 0. The van der Waals surface area contributed by atoms with Gasteiger partial charge in [0.1, 0.15) is 5.58 Å². The highest BCUT2D eigenvalue weighted by molar-refractivity contribution is 9.09. The van der Waals surface area contributed by atoms with Gasteiger partial charge in [0.25, 0.3) is 0 Å². The van der Waals surface area contributed by atoms with E-state index in [1.54, 1.807) is 12.1 Å². The SMILES string of the molecule is CCN(c1ccc2ccc(=O)oc2c1)C(C)C(=O)CBr. The Morgan fingerprint density at radius 3 is 2.70 bits per heavy atom. The lowest BCUT2D eigenvalue weighted by Crippen LogP contribution is -2.39. The molecular formula is C15H16BrNO3. The minimum absolute atomic E-state index is 0.112. The van der Waals surface area contributed by atoms with Gasteiger partial charge in [-0.15, -0.1) is 0 Å². The van der Waals surface area contributed by atoms with E-state index in [-0.39, 0.29) is 17.5 Å². The van der Waals surface area contributed by atoms with Gasteiger partial charge >= 0.3 is 5.63 Å². The average molecular weight is 338 g/mol. The first-order valence-corrected chi connectivity index (χ1v) is 7.58. The van der Waals surface area contributed by atoms with E-state index in [4.69, 9.17) is 4.42 Å². The summed E-state index contributed by atoms with van der Waals surface area (Å²) in [6, 6.07) is 8.53. The maximum atomic E-state index is 11.8. The number of rotatable bonds is 5. The van der Waals surface area contributed by atoms with Crippen LogP contribution in [0.2, 0.25) is 0 Å². The number of likely N-dealkylation sites (N-methyl/N-ethyl adjacent to an activating group) is 1. The van der Waals surface area contributed by atoms with Crippen LogP contribution in [0, 0.1) is 0 Å². The van der Waals surface area contributed by atoms with Crippen LogP contribution < -0.4 is 10.5 Å². The molecule has 0 bridgehead atoms. The van der Waals surface area contributed by atoms with Crippen LogP contribution in [0.1, 0.15) is 13.8 Å². The molecule has 1 aromatic heterocycles. The number of carbonyl (C=O) groups excluding carboxylic acids is 1. The number of fused-ring (bicyclic) bond motifs is 1. The molecule has 0 radical (unpaired) electrons. The van der Waals surface area contributed by atoms with Crippen molar-refractivity contribution in [3.8, 4) is 0 Å². The van der Waals surface area contributed by atoms with Crippen LogP contribution in [0.5, 0.6) is 0 Å². The molecule has 0 aliphatic heterocycles. The third-order valence-electron chi connectivity index (χ3n) is 3.34. The molecule has 0 saturated heterocycles. The summed E-state index contributed by atoms with van der Waals surface area (Å²) < 4.78 is 5.19. The monoisotopic (exact) mass is 337 g/mol. The minimum atomic E-state index is -0.373. The van der Waals surface area contributed by atoms with Gasteiger partial charge in [-0.1, -0.05) is 15.9 Å². The molecule has 20 heavy (non-hydrogen) atoms. The van der Waals surface area contributed by atoms with E-state index in [0.717, 1.165) is 11.1 Å². The third-order valence-corrected chi connectivity index (χ3v) is 3.90.